The Morgan fingerprint density at radius 2 is 1.82 bits per heavy atom. The van der Waals surface area contributed by atoms with Crippen molar-refractivity contribution in [1.29, 1.82) is 0 Å². The van der Waals surface area contributed by atoms with E-state index in [1.54, 1.807) is 18.3 Å². The Hall–Kier alpha value is -4.50. The number of rotatable bonds is 8. The van der Waals surface area contributed by atoms with E-state index in [0.29, 0.717) is 34.3 Å². The fourth-order valence-electron chi connectivity index (χ4n) is 4.68. The second kappa shape index (κ2) is 11.5. The molecule has 0 aliphatic carbocycles. The lowest BCUT2D eigenvalue weighted by molar-refractivity contribution is -0.116. The third kappa shape index (κ3) is 5.68. The maximum atomic E-state index is 12.8. The van der Waals surface area contributed by atoms with Crippen LogP contribution in [0.3, 0.4) is 0 Å². The van der Waals surface area contributed by atoms with Crippen LogP contribution in [-0.2, 0) is 9.53 Å². The molecule has 4 aromatic rings. The number of benzene rings is 2. The summed E-state index contributed by atoms with van der Waals surface area (Å²) in [5.74, 6) is 0.598. The molecule has 0 saturated carbocycles. The predicted molar refractivity (Wildman–Crippen MR) is 152 cm³/mol. The van der Waals surface area contributed by atoms with Gasteiger partial charge in [0, 0.05) is 30.4 Å². The lowest BCUT2D eigenvalue weighted by Crippen LogP contribution is -2.32. The molecule has 2 N–H and O–H groups in total. The van der Waals surface area contributed by atoms with Gasteiger partial charge in [0.05, 0.1) is 24.4 Å². The van der Waals surface area contributed by atoms with Crippen LogP contribution in [0.15, 0.2) is 89.5 Å². The van der Waals surface area contributed by atoms with E-state index >= 15 is 0 Å². The molecule has 2 aromatic heterocycles. The number of hydrogen-bond donors (Lipinski definition) is 2. The quantitative estimate of drug-likeness (QED) is 0.225. The number of aromatic nitrogens is 1. The summed E-state index contributed by atoms with van der Waals surface area (Å²) in [5, 5.41) is 6.82. The third-order valence-corrected chi connectivity index (χ3v) is 6.98. The van der Waals surface area contributed by atoms with Crippen molar-refractivity contribution in [3.05, 3.63) is 108 Å². The van der Waals surface area contributed by atoms with Crippen LogP contribution in [0.5, 0.6) is 0 Å². The van der Waals surface area contributed by atoms with Crippen molar-refractivity contribution in [2.45, 2.75) is 25.4 Å². The molecule has 0 radical (unpaired) electrons. The van der Waals surface area contributed by atoms with Gasteiger partial charge in [0.15, 0.2) is 5.11 Å². The number of ether oxygens (including phenoxy) is 1. The first-order valence-electron chi connectivity index (χ1n) is 12.6. The number of methoxy groups -OCH3 is 1. The van der Waals surface area contributed by atoms with Crippen LogP contribution < -0.4 is 10.6 Å². The molecule has 2 aromatic carbocycles. The summed E-state index contributed by atoms with van der Waals surface area (Å²) in [6, 6.07) is 23.5. The van der Waals surface area contributed by atoms with Crippen molar-refractivity contribution in [3.63, 3.8) is 0 Å². The van der Waals surface area contributed by atoms with Gasteiger partial charge in [-0.05, 0) is 61.6 Å². The van der Waals surface area contributed by atoms with E-state index in [0.717, 1.165) is 16.9 Å². The Labute approximate surface area is 232 Å². The van der Waals surface area contributed by atoms with Gasteiger partial charge in [-0.25, -0.2) is 4.79 Å². The highest BCUT2D eigenvalue weighted by Gasteiger charge is 2.41. The predicted octanol–water partition coefficient (Wildman–Crippen LogP) is 5.44. The van der Waals surface area contributed by atoms with Gasteiger partial charge in [-0.15, -0.1) is 0 Å². The van der Waals surface area contributed by atoms with Crippen LogP contribution in [-0.4, -0.2) is 40.5 Å². The molecule has 8 nitrogen and oxygen atoms in total. The number of pyridine rings is 1. The zero-order valence-electron chi connectivity index (χ0n) is 21.6. The second-order valence-corrected chi connectivity index (χ2v) is 9.61. The molecular formula is C30H28N4O4S. The highest BCUT2D eigenvalue weighted by atomic mass is 32.1. The molecule has 1 aliphatic heterocycles. The summed E-state index contributed by atoms with van der Waals surface area (Å²) in [7, 11) is 1.35. The maximum absolute atomic E-state index is 12.8. The first-order chi connectivity index (χ1) is 18.9. The summed E-state index contributed by atoms with van der Waals surface area (Å²) in [6.45, 7) is 2.37. The smallest absolute Gasteiger partial charge is 0.338 e. The van der Waals surface area contributed by atoms with Gasteiger partial charge in [0.1, 0.15) is 17.6 Å². The first-order valence-corrected chi connectivity index (χ1v) is 13.0. The summed E-state index contributed by atoms with van der Waals surface area (Å²) in [6.07, 6.45) is 1.95. The molecule has 9 heteroatoms. The largest absolute Gasteiger partial charge is 0.465 e. The maximum Gasteiger partial charge on any atom is 0.338 e. The number of nitrogens with one attached hydrogen (secondary N) is 2. The third-order valence-electron chi connectivity index (χ3n) is 6.63. The molecule has 1 amide bonds. The van der Waals surface area contributed by atoms with Crippen LogP contribution in [0.1, 0.15) is 45.9 Å². The van der Waals surface area contributed by atoms with Gasteiger partial charge in [0.25, 0.3) is 0 Å². The first kappa shape index (κ1) is 26.1. The van der Waals surface area contributed by atoms with E-state index in [4.69, 9.17) is 21.4 Å². The molecule has 3 heterocycles. The molecule has 198 valence electrons. The number of carbonyl (C=O) groups is 2. The molecular weight excluding hydrogens is 512 g/mol. The zero-order chi connectivity index (χ0) is 27.4. The fourth-order valence-corrected chi connectivity index (χ4v) is 5.01. The minimum atomic E-state index is -0.445. The monoisotopic (exact) mass is 540 g/mol. The Kier molecular flexibility index (Phi) is 7.69. The summed E-state index contributed by atoms with van der Waals surface area (Å²) < 4.78 is 11.3. The van der Waals surface area contributed by atoms with Crippen molar-refractivity contribution in [3.8, 4) is 11.3 Å². The fraction of sp³-hybridized carbons (Fsp3) is 0.200. The number of esters is 1. The van der Waals surface area contributed by atoms with E-state index in [-0.39, 0.29) is 24.4 Å². The van der Waals surface area contributed by atoms with Gasteiger partial charge in [0.2, 0.25) is 5.91 Å². The number of amides is 1. The standard InChI is InChI=1S/C30H28N4O4S/c1-19-10-12-20(13-11-19)32-26(35)16-18-34-28(27(33-30(34)39)23-9-5-6-17-31-23)25-15-14-24(38-25)21-7-3-4-8-22(21)29(36)37-2/h3-15,17,27-28H,16,18H2,1-2H3,(H,32,35)(H,33,39)/t27-,28+/m1/s1. The van der Waals surface area contributed by atoms with Crippen LogP contribution in [0, 0.1) is 6.92 Å². The van der Waals surface area contributed by atoms with Crippen molar-refractivity contribution in [2.24, 2.45) is 0 Å². The summed E-state index contributed by atoms with van der Waals surface area (Å²) in [5.41, 5.74) is 3.70. The molecule has 0 bridgehead atoms. The molecule has 0 unspecified atom stereocenters. The molecule has 1 fully saturated rings. The van der Waals surface area contributed by atoms with Crippen molar-refractivity contribution in [1.82, 2.24) is 15.2 Å². The number of furan rings is 1. The Bertz CT molecular complexity index is 1490. The average molecular weight is 541 g/mol. The summed E-state index contributed by atoms with van der Waals surface area (Å²) in [4.78, 5) is 31.6. The van der Waals surface area contributed by atoms with Crippen LogP contribution in [0.25, 0.3) is 11.3 Å². The van der Waals surface area contributed by atoms with Crippen LogP contribution in [0.2, 0.25) is 0 Å². The lowest BCUT2D eigenvalue weighted by Gasteiger charge is -2.25. The number of aryl methyl sites for hydroxylation is 1. The normalized spacial score (nSPS) is 16.6. The van der Waals surface area contributed by atoms with Gasteiger partial charge >= 0.3 is 5.97 Å². The van der Waals surface area contributed by atoms with E-state index < -0.39 is 5.97 Å². The molecule has 1 saturated heterocycles. The van der Waals surface area contributed by atoms with Crippen LogP contribution >= 0.6 is 12.2 Å². The van der Waals surface area contributed by atoms with E-state index in [1.165, 1.54) is 7.11 Å². The van der Waals surface area contributed by atoms with Gasteiger partial charge < -0.3 is 24.7 Å². The van der Waals surface area contributed by atoms with Gasteiger partial charge in [-0.3, -0.25) is 9.78 Å². The highest BCUT2D eigenvalue weighted by molar-refractivity contribution is 7.80. The molecule has 1 aliphatic rings. The average Bonchev–Trinajstić information content (AvgIpc) is 3.57. The number of hydrogen-bond acceptors (Lipinski definition) is 6. The van der Waals surface area contributed by atoms with Crippen LogP contribution in [0.4, 0.5) is 5.69 Å². The second-order valence-electron chi connectivity index (χ2n) is 9.22. The minimum absolute atomic E-state index is 0.117. The molecule has 39 heavy (non-hydrogen) atoms. The van der Waals surface area contributed by atoms with Crippen molar-refractivity contribution >= 4 is 34.9 Å². The Morgan fingerprint density at radius 3 is 2.56 bits per heavy atom. The van der Waals surface area contributed by atoms with Crippen molar-refractivity contribution < 1.29 is 18.7 Å². The summed E-state index contributed by atoms with van der Waals surface area (Å²) >= 11 is 5.71. The minimum Gasteiger partial charge on any atom is -0.465 e. The number of anilines is 1. The lowest BCUT2D eigenvalue weighted by atomic mass is 10.0. The van der Waals surface area contributed by atoms with E-state index in [1.807, 2.05) is 78.6 Å². The van der Waals surface area contributed by atoms with Gasteiger partial charge in [-0.2, -0.15) is 0 Å². The van der Waals surface area contributed by atoms with Gasteiger partial charge in [-0.1, -0.05) is 42.0 Å². The molecule has 0 spiro atoms. The topological polar surface area (TPSA) is 96.7 Å². The number of thiocarbonyl (C=S) groups is 1. The zero-order valence-corrected chi connectivity index (χ0v) is 22.4. The highest BCUT2D eigenvalue weighted by Crippen LogP contribution is 2.41. The number of nitrogens with zero attached hydrogens (tertiary/aromatic N) is 2. The number of carbonyl (C=O) groups excluding carboxylic acids is 2. The SMILES string of the molecule is COC(=O)c1ccccc1-c1ccc([C@H]2[C@@H](c3ccccn3)NC(=S)N2CCC(=O)Nc2ccc(C)cc2)o1. The Morgan fingerprint density at radius 1 is 1.05 bits per heavy atom. The van der Waals surface area contributed by atoms with Crippen molar-refractivity contribution in [2.75, 3.05) is 19.0 Å². The van der Waals surface area contributed by atoms with E-state index in [9.17, 15) is 9.59 Å². The Balaban J connectivity index is 1.42. The molecule has 2 atom stereocenters. The van der Waals surface area contributed by atoms with E-state index in [2.05, 4.69) is 15.6 Å². The molecule has 5 rings (SSSR count).